The van der Waals surface area contributed by atoms with Gasteiger partial charge in [-0.1, -0.05) is 17.7 Å². The molecule has 4 heterocycles. The van der Waals surface area contributed by atoms with Gasteiger partial charge in [-0.2, -0.15) is 0 Å². The molecule has 3 aliphatic heterocycles. The van der Waals surface area contributed by atoms with Crippen LogP contribution in [-0.4, -0.2) is 48.0 Å². The molecule has 0 saturated carbocycles. The number of pyridine rings is 1. The normalized spacial score (nSPS) is 24.8. The Kier molecular flexibility index (Phi) is 5.01. The van der Waals surface area contributed by atoms with E-state index in [1.807, 2.05) is 15.5 Å². The second-order valence-electron chi connectivity index (χ2n) is 8.67. The van der Waals surface area contributed by atoms with Crippen molar-refractivity contribution in [1.82, 2.24) is 9.47 Å². The van der Waals surface area contributed by atoms with Crippen molar-refractivity contribution < 1.29 is 14.3 Å². The number of aromatic nitrogens is 1. The second-order valence-corrected chi connectivity index (χ2v) is 9.07. The van der Waals surface area contributed by atoms with Crippen molar-refractivity contribution in [1.29, 1.82) is 0 Å². The van der Waals surface area contributed by atoms with E-state index in [2.05, 4.69) is 0 Å². The summed E-state index contributed by atoms with van der Waals surface area (Å²) in [5, 5.41) is 0.431. The minimum Gasteiger partial charge on any atom is -0.495 e. The monoisotopic (exact) mass is 441 g/mol. The molecule has 0 radical (unpaired) electrons. The molecule has 0 unspecified atom stereocenters. The van der Waals surface area contributed by atoms with Crippen molar-refractivity contribution in [3.63, 3.8) is 0 Å². The Bertz CT molecular complexity index is 1110. The number of methoxy groups -OCH3 is 1. The van der Waals surface area contributed by atoms with E-state index in [1.54, 1.807) is 42.3 Å². The molecule has 0 aliphatic carbocycles. The number of piperidine rings is 1. The number of likely N-dealkylation sites (tertiary alicyclic amines) is 1. The SMILES string of the molecule is COc1ccc(N2C[C@@H](C(=O)N3C[C@H]4C[C@@H](C3)c3cccc(=O)n3C4)CC2=O)cc1Cl. The van der Waals surface area contributed by atoms with Crippen LogP contribution in [0.2, 0.25) is 5.02 Å². The average molecular weight is 442 g/mol. The van der Waals surface area contributed by atoms with Gasteiger partial charge >= 0.3 is 0 Å². The minimum atomic E-state index is -0.370. The molecule has 1 aromatic carbocycles. The molecule has 2 bridgehead atoms. The zero-order valence-electron chi connectivity index (χ0n) is 17.3. The van der Waals surface area contributed by atoms with Crippen molar-refractivity contribution in [2.45, 2.75) is 25.3 Å². The van der Waals surface area contributed by atoms with E-state index in [0.29, 0.717) is 42.6 Å². The van der Waals surface area contributed by atoms with Crippen LogP contribution in [-0.2, 0) is 16.1 Å². The fraction of sp³-hybridized carbons (Fsp3) is 0.435. The van der Waals surface area contributed by atoms with E-state index in [1.165, 1.54) is 0 Å². The Morgan fingerprint density at radius 1 is 1.10 bits per heavy atom. The zero-order chi connectivity index (χ0) is 21.7. The summed E-state index contributed by atoms with van der Waals surface area (Å²) < 4.78 is 7.04. The van der Waals surface area contributed by atoms with E-state index >= 15 is 0 Å². The van der Waals surface area contributed by atoms with Gasteiger partial charge in [0.15, 0.2) is 0 Å². The molecule has 2 fully saturated rings. The number of carbonyl (C=O) groups excluding carboxylic acids is 2. The molecule has 3 atom stereocenters. The van der Waals surface area contributed by atoms with Crippen molar-refractivity contribution in [2.24, 2.45) is 11.8 Å². The number of nitrogens with zero attached hydrogens (tertiary/aromatic N) is 3. The lowest BCUT2D eigenvalue weighted by molar-refractivity contribution is -0.138. The largest absolute Gasteiger partial charge is 0.495 e. The lowest BCUT2D eigenvalue weighted by Gasteiger charge is -2.43. The number of carbonyl (C=O) groups is 2. The van der Waals surface area contributed by atoms with E-state index < -0.39 is 0 Å². The first kappa shape index (κ1) is 20.1. The Balaban J connectivity index is 1.32. The second kappa shape index (κ2) is 7.71. The van der Waals surface area contributed by atoms with Gasteiger partial charge in [0.1, 0.15) is 5.75 Å². The molecule has 1 aromatic heterocycles. The van der Waals surface area contributed by atoms with Crippen LogP contribution in [0.15, 0.2) is 41.2 Å². The zero-order valence-corrected chi connectivity index (χ0v) is 18.0. The maximum Gasteiger partial charge on any atom is 0.250 e. The van der Waals surface area contributed by atoms with Gasteiger partial charge in [-0.15, -0.1) is 0 Å². The summed E-state index contributed by atoms with van der Waals surface area (Å²) >= 11 is 6.22. The molecule has 2 saturated heterocycles. The summed E-state index contributed by atoms with van der Waals surface area (Å²) in [6, 6.07) is 10.6. The molecule has 2 aromatic rings. The molecule has 8 heteroatoms. The van der Waals surface area contributed by atoms with Gasteiger partial charge in [0, 0.05) is 56.0 Å². The first-order valence-electron chi connectivity index (χ1n) is 10.6. The third kappa shape index (κ3) is 3.51. The van der Waals surface area contributed by atoms with E-state index in [-0.39, 0.29) is 41.5 Å². The number of amides is 2. The molecule has 5 rings (SSSR count). The molecular formula is C23H24ClN3O4. The van der Waals surface area contributed by atoms with Gasteiger partial charge in [0.2, 0.25) is 11.8 Å². The van der Waals surface area contributed by atoms with Crippen LogP contribution in [0.4, 0.5) is 5.69 Å². The van der Waals surface area contributed by atoms with Crippen LogP contribution in [0.25, 0.3) is 0 Å². The molecule has 31 heavy (non-hydrogen) atoms. The molecule has 3 aliphatic rings. The maximum atomic E-state index is 13.3. The van der Waals surface area contributed by atoms with E-state index in [9.17, 15) is 14.4 Å². The Labute approximate surface area is 185 Å². The first-order chi connectivity index (χ1) is 14.9. The molecule has 162 valence electrons. The Hall–Kier alpha value is -2.80. The maximum absolute atomic E-state index is 13.3. The topological polar surface area (TPSA) is 71.8 Å². The number of anilines is 1. The highest BCUT2D eigenvalue weighted by Crippen LogP contribution is 2.37. The quantitative estimate of drug-likeness (QED) is 0.733. The van der Waals surface area contributed by atoms with Gasteiger partial charge in [-0.05, 0) is 36.6 Å². The number of hydrogen-bond donors (Lipinski definition) is 0. The summed E-state index contributed by atoms with van der Waals surface area (Å²) in [5.74, 6) is 0.558. The first-order valence-corrected chi connectivity index (χ1v) is 10.9. The van der Waals surface area contributed by atoms with Crippen LogP contribution in [0.5, 0.6) is 5.75 Å². The third-order valence-electron chi connectivity index (χ3n) is 6.71. The smallest absolute Gasteiger partial charge is 0.250 e. The standard InChI is InChI=1S/C23H24ClN3O4/c1-31-20-6-5-17(9-18(20)24)26-13-16(8-22(26)29)23(30)25-10-14-7-15(12-25)19-3-2-4-21(28)27(19)11-14/h2-6,9,14-16H,7-8,10-13H2,1H3/t14-,15+,16+/m1/s1. The van der Waals surface area contributed by atoms with Crippen molar-refractivity contribution in [3.05, 3.63) is 57.5 Å². The molecule has 0 spiro atoms. The Morgan fingerprint density at radius 3 is 2.71 bits per heavy atom. The molecule has 7 nitrogen and oxygen atoms in total. The minimum absolute atomic E-state index is 0.0249. The Morgan fingerprint density at radius 2 is 1.94 bits per heavy atom. The van der Waals surface area contributed by atoms with Crippen molar-refractivity contribution in [2.75, 3.05) is 31.6 Å². The van der Waals surface area contributed by atoms with Gasteiger partial charge < -0.3 is 19.1 Å². The highest BCUT2D eigenvalue weighted by atomic mass is 35.5. The number of ether oxygens (including phenoxy) is 1. The molecular weight excluding hydrogens is 418 g/mol. The summed E-state index contributed by atoms with van der Waals surface area (Å²) in [6.07, 6.45) is 1.19. The summed E-state index contributed by atoms with van der Waals surface area (Å²) in [6.45, 7) is 2.23. The lowest BCUT2D eigenvalue weighted by atomic mass is 9.82. The van der Waals surface area contributed by atoms with Gasteiger partial charge in [-0.25, -0.2) is 0 Å². The lowest BCUT2D eigenvalue weighted by Crippen LogP contribution is -2.50. The predicted molar refractivity (Wildman–Crippen MR) is 117 cm³/mol. The van der Waals surface area contributed by atoms with Crippen LogP contribution in [0.3, 0.4) is 0 Å². The third-order valence-corrected chi connectivity index (χ3v) is 7.01. The summed E-state index contributed by atoms with van der Waals surface area (Å²) in [4.78, 5) is 41.8. The summed E-state index contributed by atoms with van der Waals surface area (Å²) in [7, 11) is 1.54. The van der Waals surface area contributed by atoms with Crippen LogP contribution in [0, 0.1) is 11.8 Å². The number of hydrogen-bond acceptors (Lipinski definition) is 4. The summed E-state index contributed by atoms with van der Waals surface area (Å²) in [5.41, 5.74) is 1.72. The van der Waals surface area contributed by atoms with Gasteiger partial charge in [0.25, 0.3) is 5.56 Å². The van der Waals surface area contributed by atoms with Crippen molar-refractivity contribution >= 4 is 29.1 Å². The number of benzene rings is 1. The van der Waals surface area contributed by atoms with Crippen LogP contribution < -0.4 is 15.2 Å². The number of rotatable bonds is 3. The van der Waals surface area contributed by atoms with Crippen LogP contribution >= 0.6 is 11.6 Å². The fourth-order valence-electron chi connectivity index (χ4n) is 5.28. The highest BCUT2D eigenvalue weighted by molar-refractivity contribution is 6.32. The average Bonchev–Trinajstić information content (AvgIpc) is 3.15. The van der Waals surface area contributed by atoms with E-state index in [0.717, 1.165) is 12.1 Å². The fourth-order valence-corrected chi connectivity index (χ4v) is 5.53. The van der Waals surface area contributed by atoms with Gasteiger partial charge in [-0.3, -0.25) is 14.4 Å². The van der Waals surface area contributed by atoms with Crippen LogP contribution in [0.1, 0.15) is 24.5 Å². The predicted octanol–water partition coefficient (Wildman–Crippen LogP) is 2.51. The highest BCUT2D eigenvalue weighted by Gasteiger charge is 2.41. The number of halogens is 1. The van der Waals surface area contributed by atoms with Gasteiger partial charge in [0.05, 0.1) is 18.1 Å². The molecule has 2 amide bonds. The van der Waals surface area contributed by atoms with E-state index in [4.69, 9.17) is 16.3 Å². The van der Waals surface area contributed by atoms with Crippen molar-refractivity contribution in [3.8, 4) is 5.75 Å². The molecule has 0 N–H and O–H groups in total. The number of fused-ring (bicyclic) bond motifs is 4.